The molecule has 0 amide bonds. The Morgan fingerprint density at radius 1 is 1.06 bits per heavy atom. The molecule has 0 heterocycles. The van der Waals surface area contributed by atoms with Crippen LogP contribution in [0.15, 0.2) is 0 Å². The number of carbonyl (C=O) groups excluding carboxylic acids is 1. The van der Waals surface area contributed by atoms with Gasteiger partial charge in [0.05, 0.1) is 6.42 Å². The third kappa shape index (κ3) is 11.9. The van der Waals surface area contributed by atoms with Crippen molar-refractivity contribution >= 4 is 5.97 Å². The van der Waals surface area contributed by atoms with Gasteiger partial charge in [0, 0.05) is 24.2 Å². The summed E-state index contributed by atoms with van der Waals surface area (Å²) in [5.41, 5.74) is 0.0914. The molecule has 0 spiro atoms. The monoisotopic (exact) mass is 258 g/mol. The molecular weight excluding hydrogens is 228 g/mol. The van der Waals surface area contributed by atoms with Crippen LogP contribution < -0.4 is 10.6 Å². The van der Waals surface area contributed by atoms with Crippen LogP contribution in [0.2, 0.25) is 0 Å². The smallest absolute Gasteiger partial charge is 0.307 e. The van der Waals surface area contributed by atoms with E-state index >= 15 is 0 Å². The lowest BCUT2D eigenvalue weighted by Crippen LogP contribution is -2.41. The molecule has 0 bridgehead atoms. The molecular formula is C14H30N2O2. The molecule has 0 saturated carbocycles. The van der Waals surface area contributed by atoms with Gasteiger partial charge in [-0.25, -0.2) is 0 Å². The van der Waals surface area contributed by atoms with Gasteiger partial charge in [-0.1, -0.05) is 0 Å². The van der Waals surface area contributed by atoms with Gasteiger partial charge in [0.2, 0.25) is 0 Å². The van der Waals surface area contributed by atoms with Gasteiger partial charge in [0.1, 0.15) is 6.10 Å². The summed E-state index contributed by atoms with van der Waals surface area (Å²) in [5, 5.41) is 6.58. The minimum atomic E-state index is -0.144. The van der Waals surface area contributed by atoms with E-state index in [0.717, 1.165) is 0 Å². The van der Waals surface area contributed by atoms with E-state index in [2.05, 4.69) is 52.2 Å². The number of nitrogens with one attached hydrogen (secondary N) is 2. The van der Waals surface area contributed by atoms with Crippen molar-refractivity contribution in [2.75, 3.05) is 13.1 Å². The number of carbonyl (C=O) groups is 1. The van der Waals surface area contributed by atoms with E-state index < -0.39 is 0 Å². The Balaban J connectivity index is 3.75. The maximum Gasteiger partial charge on any atom is 0.307 e. The van der Waals surface area contributed by atoms with Crippen molar-refractivity contribution in [1.29, 1.82) is 0 Å². The van der Waals surface area contributed by atoms with Crippen LogP contribution in [0.25, 0.3) is 0 Å². The fourth-order valence-corrected chi connectivity index (χ4v) is 1.31. The first-order valence-corrected chi connectivity index (χ1v) is 6.69. The highest BCUT2D eigenvalue weighted by Crippen LogP contribution is 2.02. The summed E-state index contributed by atoms with van der Waals surface area (Å²) in [5.74, 6) is -0.144. The van der Waals surface area contributed by atoms with E-state index in [-0.39, 0.29) is 23.2 Å². The maximum absolute atomic E-state index is 11.6. The molecule has 108 valence electrons. The summed E-state index contributed by atoms with van der Waals surface area (Å²) in [6.45, 7) is 15.8. The van der Waals surface area contributed by atoms with Crippen molar-refractivity contribution < 1.29 is 9.53 Å². The van der Waals surface area contributed by atoms with E-state index in [1.807, 2.05) is 6.92 Å². The highest BCUT2D eigenvalue weighted by atomic mass is 16.5. The lowest BCUT2D eigenvalue weighted by atomic mass is 10.1. The molecule has 4 heteroatoms. The zero-order valence-electron chi connectivity index (χ0n) is 13.0. The molecule has 0 radical (unpaired) electrons. The van der Waals surface area contributed by atoms with Gasteiger partial charge in [0.15, 0.2) is 0 Å². The fourth-order valence-electron chi connectivity index (χ4n) is 1.31. The van der Waals surface area contributed by atoms with E-state index in [1.54, 1.807) is 0 Å². The molecule has 0 saturated heterocycles. The van der Waals surface area contributed by atoms with Crippen molar-refractivity contribution in [2.24, 2.45) is 0 Å². The summed E-state index contributed by atoms with van der Waals surface area (Å²) >= 11 is 0. The number of rotatable bonds is 6. The van der Waals surface area contributed by atoms with E-state index in [0.29, 0.717) is 19.5 Å². The average Bonchev–Trinajstić information content (AvgIpc) is 2.11. The molecule has 1 unspecified atom stereocenters. The van der Waals surface area contributed by atoms with Crippen molar-refractivity contribution in [2.45, 2.75) is 72.1 Å². The van der Waals surface area contributed by atoms with Crippen molar-refractivity contribution in [3.8, 4) is 0 Å². The zero-order chi connectivity index (χ0) is 14.4. The standard InChI is InChI=1S/C14H30N2O2/c1-11(10-16-14(5,6)7)18-12(17)8-9-15-13(2,3)4/h11,15-16H,8-10H2,1-7H3. The summed E-state index contributed by atoms with van der Waals surface area (Å²) in [6, 6.07) is 0. The minimum absolute atomic E-state index is 0.0414. The highest BCUT2D eigenvalue weighted by molar-refractivity contribution is 5.69. The second-order valence-corrected chi connectivity index (χ2v) is 6.86. The fraction of sp³-hybridized carbons (Fsp3) is 0.929. The third-order valence-electron chi connectivity index (χ3n) is 2.24. The Bertz CT molecular complexity index is 252. The SMILES string of the molecule is CC(CNC(C)(C)C)OC(=O)CCNC(C)(C)C. The molecule has 0 aromatic carbocycles. The normalized spacial score (nSPS) is 14.4. The van der Waals surface area contributed by atoms with Crippen LogP contribution in [0.3, 0.4) is 0 Å². The molecule has 18 heavy (non-hydrogen) atoms. The second-order valence-electron chi connectivity index (χ2n) is 6.86. The number of ether oxygens (including phenoxy) is 1. The number of hydrogen-bond donors (Lipinski definition) is 2. The Morgan fingerprint density at radius 2 is 1.56 bits per heavy atom. The van der Waals surface area contributed by atoms with Crippen LogP contribution in [0, 0.1) is 0 Å². The average molecular weight is 258 g/mol. The van der Waals surface area contributed by atoms with Crippen LogP contribution in [-0.2, 0) is 9.53 Å². The summed E-state index contributed by atoms with van der Waals surface area (Å²) in [6.07, 6.45) is 0.322. The Labute approximate surface area is 112 Å². The lowest BCUT2D eigenvalue weighted by Gasteiger charge is -2.24. The zero-order valence-corrected chi connectivity index (χ0v) is 13.0. The van der Waals surface area contributed by atoms with E-state index in [1.165, 1.54) is 0 Å². The van der Waals surface area contributed by atoms with Gasteiger partial charge in [-0.2, -0.15) is 0 Å². The maximum atomic E-state index is 11.6. The van der Waals surface area contributed by atoms with Crippen LogP contribution in [0.4, 0.5) is 0 Å². The summed E-state index contributed by atoms with van der Waals surface area (Å²) < 4.78 is 5.32. The molecule has 0 rings (SSSR count). The van der Waals surface area contributed by atoms with E-state index in [9.17, 15) is 4.79 Å². The van der Waals surface area contributed by atoms with Crippen LogP contribution in [-0.4, -0.2) is 36.2 Å². The quantitative estimate of drug-likeness (QED) is 0.716. The van der Waals surface area contributed by atoms with Crippen LogP contribution in [0.1, 0.15) is 54.9 Å². The van der Waals surface area contributed by atoms with Crippen LogP contribution in [0.5, 0.6) is 0 Å². The lowest BCUT2D eigenvalue weighted by molar-refractivity contribution is -0.148. The first kappa shape index (κ1) is 17.4. The third-order valence-corrected chi connectivity index (χ3v) is 2.24. The van der Waals surface area contributed by atoms with Gasteiger partial charge in [-0.3, -0.25) is 4.79 Å². The van der Waals surface area contributed by atoms with Gasteiger partial charge < -0.3 is 15.4 Å². The molecule has 0 aliphatic rings. The van der Waals surface area contributed by atoms with E-state index in [4.69, 9.17) is 4.74 Å². The largest absolute Gasteiger partial charge is 0.461 e. The molecule has 0 fully saturated rings. The summed E-state index contributed by atoms with van der Waals surface area (Å²) in [4.78, 5) is 11.6. The highest BCUT2D eigenvalue weighted by Gasteiger charge is 2.15. The molecule has 0 aliphatic carbocycles. The summed E-state index contributed by atoms with van der Waals surface area (Å²) in [7, 11) is 0. The van der Waals surface area contributed by atoms with Gasteiger partial charge >= 0.3 is 5.97 Å². The molecule has 2 N–H and O–H groups in total. The van der Waals surface area contributed by atoms with Crippen molar-refractivity contribution in [3.63, 3.8) is 0 Å². The minimum Gasteiger partial charge on any atom is -0.461 e. The predicted octanol–water partition coefficient (Wildman–Crippen LogP) is 2.08. The predicted molar refractivity (Wildman–Crippen MR) is 75.7 cm³/mol. The van der Waals surface area contributed by atoms with Gasteiger partial charge in [0.25, 0.3) is 0 Å². The van der Waals surface area contributed by atoms with Crippen LogP contribution >= 0.6 is 0 Å². The molecule has 0 aliphatic heterocycles. The Morgan fingerprint density at radius 3 is 2.00 bits per heavy atom. The first-order chi connectivity index (χ1) is 7.99. The molecule has 0 aromatic heterocycles. The Hall–Kier alpha value is -0.610. The van der Waals surface area contributed by atoms with Gasteiger partial charge in [-0.15, -0.1) is 0 Å². The molecule has 4 nitrogen and oxygen atoms in total. The molecule has 0 aromatic rings. The van der Waals surface area contributed by atoms with Crippen molar-refractivity contribution in [3.05, 3.63) is 0 Å². The number of hydrogen-bond acceptors (Lipinski definition) is 4. The first-order valence-electron chi connectivity index (χ1n) is 6.69. The number of esters is 1. The second kappa shape index (κ2) is 7.10. The topological polar surface area (TPSA) is 50.4 Å². The van der Waals surface area contributed by atoms with Gasteiger partial charge in [-0.05, 0) is 48.5 Å². The Kier molecular flexibility index (Phi) is 6.86. The van der Waals surface area contributed by atoms with Crippen molar-refractivity contribution in [1.82, 2.24) is 10.6 Å². The molecule has 1 atom stereocenters.